The van der Waals surface area contributed by atoms with Gasteiger partial charge < -0.3 is 10.3 Å². The molecule has 4 heteroatoms. The van der Waals surface area contributed by atoms with Crippen molar-refractivity contribution in [1.82, 2.24) is 0 Å². The first kappa shape index (κ1) is 11.1. The Labute approximate surface area is 88.1 Å². The Morgan fingerprint density at radius 2 is 2.07 bits per heavy atom. The van der Waals surface area contributed by atoms with Gasteiger partial charge in [0.05, 0.1) is 13.0 Å². The number of ether oxygens (including phenoxy) is 1. The van der Waals surface area contributed by atoms with Gasteiger partial charge in [-0.1, -0.05) is 30.3 Å². The van der Waals surface area contributed by atoms with Crippen LogP contribution in [-0.2, 0) is 16.0 Å². The molecular formula is C11H12N2O2. The molecule has 78 valence electrons. The summed E-state index contributed by atoms with van der Waals surface area (Å²) in [4.78, 5) is 14.2. The van der Waals surface area contributed by atoms with Gasteiger partial charge in [-0.2, -0.15) is 4.79 Å². The van der Waals surface area contributed by atoms with Gasteiger partial charge in [0.15, 0.2) is 0 Å². The summed E-state index contributed by atoms with van der Waals surface area (Å²) in [6, 6.07) is 9.30. The number of esters is 1. The number of hydrogen-bond acceptors (Lipinski definition) is 2. The Morgan fingerprint density at radius 1 is 1.40 bits per heavy atom. The van der Waals surface area contributed by atoms with E-state index < -0.39 is 5.97 Å². The Morgan fingerprint density at radius 3 is 2.60 bits per heavy atom. The van der Waals surface area contributed by atoms with Crippen LogP contribution in [0, 0.1) is 0 Å². The molecule has 4 nitrogen and oxygen atoms in total. The van der Waals surface area contributed by atoms with E-state index in [0.717, 1.165) is 5.56 Å². The van der Waals surface area contributed by atoms with Crippen molar-refractivity contribution < 1.29 is 14.3 Å². The summed E-state index contributed by atoms with van der Waals surface area (Å²) in [5.74, 6) is -0.580. The van der Waals surface area contributed by atoms with E-state index in [1.807, 2.05) is 30.3 Å². The van der Waals surface area contributed by atoms with Crippen LogP contribution in [-0.4, -0.2) is 23.1 Å². The summed E-state index contributed by atoms with van der Waals surface area (Å²) in [7, 11) is 0. The molecule has 0 N–H and O–H groups in total. The predicted octanol–water partition coefficient (Wildman–Crippen LogP) is 1.46. The lowest BCUT2D eigenvalue weighted by atomic mass is 10.1. The number of nitrogens with zero attached hydrogens (tertiary/aromatic N) is 2. The highest BCUT2D eigenvalue weighted by atomic mass is 16.5. The Kier molecular flexibility index (Phi) is 4.26. The molecule has 1 rings (SSSR count). The van der Waals surface area contributed by atoms with Crippen LogP contribution in [0.5, 0.6) is 0 Å². The van der Waals surface area contributed by atoms with Crippen LogP contribution in [0.4, 0.5) is 0 Å². The number of carbonyl (C=O) groups is 1. The van der Waals surface area contributed by atoms with E-state index in [1.54, 1.807) is 6.92 Å². The van der Waals surface area contributed by atoms with Crippen molar-refractivity contribution in [2.45, 2.75) is 13.3 Å². The van der Waals surface area contributed by atoms with Gasteiger partial charge in [0.1, 0.15) is 0 Å². The van der Waals surface area contributed by atoms with Crippen LogP contribution < -0.4 is 0 Å². The summed E-state index contributed by atoms with van der Waals surface area (Å²) in [5, 5.41) is 0. The number of hydrogen-bond donors (Lipinski definition) is 0. The molecule has 0 aromatic heterocycles. The average Bonchev–Trinajstić information content (AvgIpc) is 2.27. The van der Waals surface area contributed by atoms with Gasteiger partial charge in [0, 0.05) is 0 Å². The second-order valence-corrected chi connectivity index (χ2v) is 2.93. The molecule has 0 radical (unpaired) electrons. The summed E-state index contributed by atoms with van der Waals surface area (Å²) in [6.45, 7) is 1.97. The molecule has 0 saturated heterocycles. The fourth-order valence-corrected chi connectivity index (χ4v) is 1.15. The van der Waals surface area contributed by atoms with E-state index in [4.69, 9.17) is 10.3 Å². The second-order valence-electron chi connectivity index (χ2n) is 2.93. The van der Waals surface area contributed by atoms with Gasteiger partial charge in [0.25, 0.3) is 0 Å². The van der Waals surface area contributed by atoms with Crippen molar-refractivity contribution in [3.05, 3.63) is 41.4 Å². The molecule has 0 heterocycles. The number of benzene rings is 1. The molecule has 0 aliphatic heterocycles. The molecule has 0 saturated carbocycles. The average molecular weight is 204 g/mol. The maximum Gasteiger partial charge on any atom is 0.417 e. The first-order valence-corrected chi connectivity index (χ1v) is 4.70. The van der Waals surface area contributed by atoms with Gasteiger partial charge in [-0.05, 0) is 12.5 Å². The van der Waals surface area contributed by atoms with E-state index in [0.29, 0.717) is 0 Å². The maximum atomic E-state index is 11.3. The lowest BCUT2D eigenvalue weighted by molar-refractivity contribution is -0.140. The number of carbonyl (C=O) groups excluding carboxylic acids is 1. The molecule has 0 atom stereocenters. The van der Waals surface area contributed by atoms with E-state index in [9.17, 15) is 4.79 Å². The molecule has 15 heavy (non-hydrogen) atoms. The quantitative estimate of drug-likeness (QED) is 0.322. The van der Waals surface area contributed by atoms with Gasteiger partial charge in [0.2, 0.25) is 0 Å². The first-order valence-electron chi connectivity index (χ1n) is 4.70. The normalized spacial score (nSPS) is 9.13. The fourth-order valence-electron chi connectivity index (χ4n) is 1.15. The van der Waals surface area contributed by atoms with E-state index >= 15 is 0 Å². The lowest BCUT2D eigenvalue weighted by Gasteiger charge is -1.97. The topological polar surface area (TPSA) is 62.7 Å². The Hall–Kier alpha value is -1.93. The van der Waals surface area contributed by atoms with Crippen molar-refractivity contribution in [2.24, 2.45) is 0 Å². The third kappa shape index (κ3) is 3.37. The zero-order valence-electron chi connectivity index (χ0n) is 8.51. The summed E-state index contributed by atoms with van der Waals surface area (Å²) in [5.41, 5.74) is 9.59. The highest BCUT2D eigenvalue weighted by molar-refractivity contribution is 6.34. The minimum Gasteiger partial charge on any atom is -0.457 e. The zero-order valence-corrected chi connectivity index (χ0v) is 8.51. The van der Waals surface area contributed by atoms with Gasteiger partial charge in [-0.3, -0.25) is 0 Å². The van der Waals surface area contributed by atoms with E-state index in [-0.39, 0.29) is 18.7 Å². The number of rotatable bonds is 4. The van der Waals surface area contributed by atoms with Gasteiger partial charge >= 0.3 is 11.7 Å². The molecular weight excluding hydrogens is 192 g/mol. The van der Waals surface area contributed by atoms with Crippen LogP contribution in [0.2, 0.25) is 0 Å². The van der Waals surface area contributed by atoms with Crippen molar-refractivity contribution in [3.63, 3.8) is 0 Å². The minimum atomic E-state index is -0.580. The molecule has 1 aromatic carbocycles. The van der Waals surface area contributed by atoms with Crippen LogP contribution in [0.3, 0.4) is 0 Å². The highest BCUT2D eigenvalue weighted by Gasteiger charge is 2.21. The van der Waals surface area contributed by atoms with E-state index in [2.05, 4.69) is 4.79 Å². The van der Waals surface area contributed by atoms with Gasteiger partial charge in [-0.15, -0.1) is 0 Å². The van der Waals surface area contributed by atoms with Crippen molar-refractivity contribution in [1.29, 1.82) is 0 Å². The lowest BCUT2D eigenvalue weighted by Crippen LogP contribution is -2.20. The molecule has 0 aliphatic rings. The summed E-state index contributed by atoms with van der Waals surface area (Å²) in [6.07, 6.45) is 0.274. The molecule has 0 fully saturated rings. The van der Waals surface area contributed by atoms with Crippen LogP contribution in [0.25, 0.3) is 5.53 Å². The smallest absolute Gasteiger partial charge is 0.417 e. The van der Waals surface area contributed by atoms with Gasteiger partial charge in [-0.25, -0.2) is 4.79 Å². The largest absolute Gasteiger partial charge is 0.457 e. The standard InChI is InChI=1S/C11H12N2O2/c1-2-15-11(14)10(13-12)8-9-6-4-3-5-7-9/h3-7H,2,8H2,1H3. The summed E-state index contributed by atoms with van der Waals surface area (Å²) < 4.78 is 4.74. The second kappa shape index (κ2) is 5.73. The highest BCUT2D eigenvalue weighted by Crippen LogP contribution is 2.00. The maximum absolute atomic E-state index is 11.3. The van der Waals surface area contributed by atoms with E-state index in [1.165, 1.54) is 0 Å². The predicted molar refractivity (Wildman–Crippen MR) is 55.4 cm³/mol. The molecule has 0 unspecified atom stereocenters. The Bertz CT molecular complexity index is 381. The SMILES string of the molecule is CCOC(=O)C(Cc1ccccc1)=[N+]=[N-]. The summed E-state index contributed by atoms with van der Waals surface area (Å²) >= 11 is 0. The first-order chi connectivity index (χ1) is 7.27. The molecule has 0 bridgehead atoms. The van der Waals surface area contributed by atoms with Crippen molar-refractivity contribution >= 4 is 11.7 Å². The Balaban J connectivity index is 2.72. The molecule has 0 spiro atoms. The zero-order chi connectivity index (χ0) is 11.1. The minimum absolute atomic E-state index is 0.0167. The third-order valence-electron chi connectivity index (χ3n) is 1.85. The van der Waals surface area contributed by atoms with Crippen molar-refractivity contribution in [2.75, 3.05) is 6.61 Å². The molecule has 0 aliphatic carbocycles. The third-order valence-corrected chi connectivity index (χ3v) is 1.85. The van der Waals surface area contributed by atoms with Crippen LogP contribution in [0.15, 0.2) is 30.3 Å². The monoisotopic (exact) mass is 204 g/mol. The molecule has 0 amide bonds. The fraction of sp³-hybridized carbons (Fsp3) is 0.273. The van der Waals surface area contributed by atoms with Crippen LogP contribution >= 0.6 is 0 Å². The van der Waals surface area contributed by atoms with Crippen molar-refractivity contribution in [3.8, 4) is 0 Å². The van der Waals surface area contributed by atoms with Crippen LogP contribution in [0.1, 0.15) is 12.5 Å². The molecule has 1 aromatic rings.